The summed E-state index contributed by atoms with van der Waals surface area (Å²) in [7, 11) is 1.64. The number of hydrogen-bond donors (Lipinski definition) is 0. The van der Waals surface area contributed by atoms with Crippen molar-refractivity contribution in [2.24, 2.45) is 0 Å². The van der Waals surface area contributed by atoms with Gasteiger partial charge < -0.3 is 4.74 Å². The number of hydrogen-bond acceptors (Lipinski definition) is 3. The van der Waals surface area contributed by atoms with E-state index in [9.17, 15) is 5.26 Å². The van der Waals surface area contributed by atoms with E-state index in [-0.39, 0.29) is 5.92 Å². The first-order valence-electron chi connectivity index (χ1n) is 5.39. The minimum absolute atomic E-state index is 0.0837. The Labute approximate surface area is 105 Å². The highest BCUT2D eigenvalue weighted by Crippen LogP contribution is 2.24. The van der Waals surface area contributed by atoms with E-state index >= 15 is 0 Å². The zero-order chi connectivity index (χ0) is 12.1. The summed E-state index contributed by atoms with van der Waals surface area (Å²) in [4.78, 5) is 1.24. The van der Waals surface area contributed by atoms with Crippen molar-refractivity contribution in [1.29, 1.82) is 5.26 Å². The molecule has 1 atom stereocenters. The fourth-order valence-corrected chi connectivity index (χ4v) is 2.46. The Morgan fingerprint density at radius 2 is 2.06 bits per heavy atom. The van der Waals surface area contributed by atoms with Crippen LogP contribution in [0.4, 0.5) is 0 Å². The Morgan fingerprint density at radius 1 is 1.29 bits per heavy atom. The van der Waals surface area contributed by atoms with Crippen molar-refractivity contribution < 1.29 is 4.74 Å². The van der Waals surface area contributed by atoms with E-state index in [0.29, 0.717) is 0 Å². The Morgan fingerprint density at radius 3 is 2.59 bits per heavy atom. The molecule has 0 radical (unpaired) electrons. The van der Waals surface area contributed by atoms with Gasteiger partial charge in [-0.2, -0.15) is 5.26 Å². The second-order valence-electron chi connectivity index (χ2n) is 3.74. The van der Waals surface area contributed by atoms with Crippen molar-refractivity contribution in [1.82, 2.24) is 0 Å². The molecule has 0 aliphatic heterocycles. The van der Waals surface area contributed by atoms with Crippen LogP contribution in [0.2, 0.25) is 0 Å². The third-order valence-electron chi connectivity index (χ3n) is 2.66. The molecule has 1 unspecified atom stereocenters. The number of ether oxygens (including phenoxy) is 1. The average molecular weight is 243 g/mol. The maximum atomic E-state index is 9.23. The lowest BCUT2D eigenvalue weighted by molar-refractivity contribution is 0.414. The second kappa shape index (κ2) is 5.51. The van der Waals surface area contributed by atoms with Crippen molar-refractivity contribution in [2.75, 3.05) is 7.11 Å². The van der Waals surface area contributed by atoms with Gasteiger partial charge in [0.25, 0.3) is 0 Å². The van der Waals surface area contributed by atoms with Gasteiger partial charge in [-0.3, -0.25) is 0 Å². The molecule has 0 fully saturated rings. The van der Waals surface area contributed by atoms with Gasteiger partial charge in [0.15, 0.2) is 0 Å². The molecule has 2 rings (SSSR count). The number of methoxy groups -OCH3 is 1. The molecular formula is C14H13NOS. The highest BCUT2D eigenvalue weighted by molar-refractivity contribution is 7.09. The van der Waals surface area contributed by atoms with Gasteiger partial charge in [0.05, 0.1) is 19.1 Å². The molecule has 1 aromatic heterocycles. The monoisotopic (exact) mass is 243 g/mol. The molecule has 0 saturated heterocycles. The normalized spacial score (nSPS) is 11.8. The van der Waals surface area contributed by atoms with Gasteiger partial charge in [-0.25, -0.2) is 0 Å². The SMILES string of the molecule is COc1ccc(C(C#N)Cc2cccs2)cc1. The molecule has 0 bridgehead atoms. The van der Waals surface area contributed by atoms with Gasteiger partial charge >= 0.3 is 0 Å². The molecule has 1 aromatic carbocycles. The third kappa shape index (κ3) is 2.86. The van der Waals surface area contributed by atoms with Crippen LogP contribution in [-0.2, 0) is 6.42 Å². The van der Waals surface area contributed by atoms with E-state index in [0.717, 1.165) is 17.7 Å². The van der Waals surface area contributed by atoms with Crippen LogP contribution in [0.25, 0.3) is 0 Å². The van der Waals surface area contributed by atoms with Crippen LogP contribution in [0.3, 0.4) is 0 Å². The topological polar surface area (TPSA) is 33.0 Å². The van der Waals surface area contributed by atoms with Crippen molar-refractivity contribution in [3.8, 4) is 11.8 Å². The zero-order valence-electron chi connectivity index (χ0n) is 9.59. The molecule has 1 heterocycles. The molecule has 3 heteroatoms. The first kappa shape index (κ1) is 11.7. The molecule has 86 valence electrons. The first-order chi connectivity index (χ1) is 8.33. The fourth-order valence-electron chi connectivity index (χ4n) is 1.70. The summed E-state index contributed by atoms with van der Waals surface area (Å²) < 4.78 is 5.11. The van der Waals surface area contributed by atoms with E-state index in [1.165, 1.54) is 4.88 Å². The van der Waals surface area contributed by atoms with E-state index < -0.39 is 0 Å². The van der Waals surface area contributed by atoms with E-state index in [1.807, 2.05) is 35.7 Å². The highest BCUT2D eigenvalue weighted by atomic mass is 32.1. The van der Waals surface area contributed by atoms with Crippen LogP contribution in [0.1, 0.15) is 16.4 Å². The predicted molar refractivity (Wildman–Crippen MR) is 69.4 cm³/mol. The molecular weight excluding hydrogens is 230 g/mol. The van der Waals surface area contributed by atoms with Crippen molar-refractivity contribution >= 4 is 11.3 Å². The number of rotatable bonds is 4. The smallest absolute Gasteiger partial charge is 0.118 e. The molecule has 0 aliphatic rings. The number of nitrogens with zero attached hydrogens (tertiary/aromatic N) is 1. The van der Waals surface area contributed by atoms with Gasteiger partial charge in [-0.15, -0.1) is 11.3 Å². The van der Waals surface area contributed by atoms with E-state index in [4.69, 9.17) is 4.74 Å². The van der Waals surface area contributed by atoms with E-state index in [1.54, 1.807) is 18.4 Å². The summed E-state index contributed by atoms with van der Waals surface area (Å²) in [5.74, 6) is 0.737. The summed E-state index contributed by atoms with van der Waals surface area (Å²) in [5, 5.41) is 11.3. The standard InChI is InChI=1S/C14H13NOS/c1-16-13-6-4-11(5-7-13)12(10-15)9-14-3-2-8-17-14/h2-8,12H,9H2,1H3. The van der Waals surface area contributed by atoms with Crippen LogP contribution >= 0.6 is 11.3 Å². The van der Waals surface area contributed by atoms with Gasteiger partial charge in [-0.1, -0.05) is 18.2 Å². The Hall–Kier alpha value is -1.79. The number of nitriles is 1. The summed E-state index contributed by atoms with van der Waals surface area (Å²) >= 11 is 1.69. The van der Waals surface area contributed by atoms with Crippen LogP contribution in [0, 0.1) is 11.3 Å². The van der Waals surface area contributed by atoms with Crippen LogP contribution in [-0.4, -0.2) is 7.11 Å². The van der Waals surface area contributed by atoms with Crippen molar-refractivity contribution in [2.45, 2.75) is 12.3 Å². The highest BCUT2D eigenvalue weighted by Gasteiger charge is 2.12. The van der Waals surface area contributed by atoms with Crippen molar-refractivity contribution in [3.05, 3.63) is 52.2 Å². The van der Waals surface area contributed by atoms with Crippen LogP contribution < -0.4 is 4.74 Å². The largest absolute Gasteiger partial charge is 0.497 e. The molecule has 0 saturated carbocycles. The molecule has 2 nitrogen and oxygen atoms in total. The van der Waals surface area contributed by atoms with Crippen molar-refractivity contribution in [3.63, 3.8) is 0 Å². The summed E-state index contributed by atoms with van der Waals surface area (Å²) in [5.41, 5.74) is 1.04. The molecule has 0 aliphatic carbocycles. The van der Waals surface area contributed by atoms with E-state index in [2.05, 4.69) is 12.1 Å². The van der Waals surface area contributed by atoms with Gasteiger partial charge in [0, 0.05) is 11.3 Å². The number of thiophene rings is 1. The lowest BCUT2D eigenvalue weighted by atomic mass is 9.96. The first-order valence-corrected chi connectivity index (χ1v) is 6.27. The lowest BCUT2D eigenvalue weighted by Gasteiger charge is -2.08. The maximum Gasteiger partial charge on any atom is 0.118 e. The van der Waals surface area contributed by atoms with Gasteiger partial charge in [0.2, 0.25) is 0 Å². The molecule has 17 heavy (non-hydrogen) atoms. The van der Waals surface area contributed by atoms with Gasteiger partial charge in [-0.05, 0) is 29.1 Å². The third-order valence-corrected chi connectivity index (χ3v) is 3.56. The number of benzene rings is 1. The minimum atomic E-state index is -0.0837. The molecule has 2 aromatic rings. The van der Waals surface area contributed by atoms with Crippen LogP contribution in [0.5, 0.6) is 5.75 Å². The minimum Gasteiger partial charge on any atom is -0.497 e. The average Bonchev–Trinajstić information content (AvgIpc) is 2.89. The summed E-state index contributed by atoms with van der Waals surface area (Å²) in [6.07, 6.45) is 0.778. The maximum absolute atomic E-state index is 9.23. The van der Waals surface area contributed by atoms with Crippen LogP contribution in [0.15, 0.2) is 41.8 Å². The zero-order valence-corrected chi connectivity index (χ0v) is 10.4. The van der Waals surface area contributed by atoms with Gasteiger partial charge in [0.1, 0.15) is 5.75 Å². The summed E-state index contributed by atoms with van der Waals surface area (Å²) in [6, 6.07) is 14.2. The fraction of sp³-hybridized carbons (Fsp3) is 0.214. The summed E-state index contributed by atoms with van der Waals surface area (Å²) in [6.45, 7) is 0. The predicted octanol–water partition coefficient (Wildman–Crippen LogP) is 3.61. The lowest BCUT2D eigenvalue weighted by Crippen LogP contribution is -1.99. The second-order valence-corrected chi connectivity index (χ2v) is 4.77. The Balaban J connectivity index is 2.15. The Kier molecular flexibility index (Phi) is 3.79. The Bertz CT molecular complexity index is 496. The quantitative estimate of drug-likeness (QED) is 0.821. The molecule has 0 amide bonds. The molecule has 0 N–H and O–H groups in total. The molecule has 0 spiro atoms.